The molecule has 0 aromatic carbocycles. The smallest absolute Gasteiger partial charge is 0.230 e. The minimum absolute atomic E-state index is 0.0746. The van der Waals surface area contributed by atoms with Crippen LogP contribution in [0.25, 0.3) is 0 Å². The first-order valence-corrected chi connectivity index (χ1v) is 5.33. The lowest BCUT2D eigenvalue weighted by atomic mass is 9.84. The van der Waals surface area contributed by atoms with Gasteiger partial charge in [-0.2, -0.15) is 0 Å². The van der Waals surface area contributed by atoms with E-state index >= 15 is 0 Å². The van der Waals surface area contributed by atoms with Crippen LogP contribution in [0.1, 0.15) is 27.2 Å². The molecule has 0 aliphatic rings. The molecular weight excluding hydrogens is 206 g/mol. The van der Waals surface area contributed by atoms with Crippen molar-refractivity contribution in [2.45, 2.75) is 27.2 Å². The van der Waals surface area contributed by atoms with E-state index < -0.39 is 0 Å². The molecule has 0 aliphatic carbocycles. The third kappa shape index (κ3) is 4.02. The lowest BCUT2D eigenvalue weighted by molar-refractivity contribution is -0.120. The third-order valence-electron chi connectivity index (χ3n) is 2.20. The molecule has 1 amide bonds. The molecule has 1 aromatic rings. The molecule has 0 saturated heterocycles. The Morgan fingerprint density at radius 1 is 1.62 bits per heavy atom. The van der Waals surface area contributed by atoms with Crippen molar-refractivity contribution in [3.63, 3.8) is 0 Å². The second-order valence-corrected chi connectivity index (χ2v) is 5.07. The highest BCUT2D eigenvalue weighted by Crippen LogP contribution is 2.24. The Hall–Kier alpha value is -1.36. The molecule has 0 spiro atoms. The molecule has 16 heavy (non-hydrogen) atoms. The van der Waals surface area contributed by atoms with E-state index in [0.717, 1.165) is 6.42 Å². The van der Waals surface area contributed by atoms with Gasteiger partial charge in [-0.15, -0.1) is 0 Å². The number of rotatable bonds is 4. The lowest BCUT2D eigenvalue weighted by Gasteiger charge is -2.23. The van der Waals surface area contributed by atoms with E-state index in [0.29, 0.717) is 12.4 Å². The van der Waals surface area contributed by atoms with E-state index in [4.69, 9.17) is 5.73 Å². The number of hydrogen-bond donors (Lipinski definition) is 2. The Labute approximate surface area is 95.4 Å². The Morgan fingerprint density at radius 2 is 2.31 bits per heavy atom. The van der Waals surface area contributed by atoms with Gasteiger partial charge in [0.15, 0.2) is 5.82 Å². The van der Waals surface area contributed by atoms with Gasteiger partial charge < -0.3 is 15.6 Å². The molecule has 1 atom stereocenters. The van der Waals surface area contributed by atoms with E-state index in [1.165, 1.54) is 6.26 Å². The van der Waals surface area contributed by atoms with Crippen LogP contribution in [0.3, 0.4) is 0 Å². The Morgan fingerprint density at radius 3 is 2.75 bits per heavy atom. The summed E-state index contributed by atoms with van der Waals surface area (Å²) in [5, 5.41) is 6.29. The second kappa shape index (κ2) is 5.12. The van der Waals surface area contributed by atoms with Gasteiger partial charge in [-0.05, 0) is 11.8 Å². The van der Waals surface area contributed by atoms with E-state index in [-0.39, 0.29) is 17.2 Å². The molecule has 5 heteroatoms. The molecule has 0 aliphatic heterocycles. The van der Waals surface area contributed by atoms with Gasteiger partial charge in [0.05, 0.1) is 5.92 Å². The van der Waals surface area contributed by atoms with Crippen molar-refractivity contribution < 1.29 is 9.32 Å². The van der Waals surface area contributed by atoms with Gasteiger partial charge in [-0.1, -0.05) is 25.9 Å². The van der Waals surface area contributed by atoms with Crippen LogP contribution in [0.2, 0.25) is 0 Å². The number of aromatic nitrogens is 1. The number of amides is 1. The maximum absolute atomic E-state index is 11.8. The summed E-state index contributed by atoms with van der Waals surface area (Å²) in [5.74, 6) is 0.125. The zero-order valence-electron chi connectivity index (χ0n) is 9.99. The molecule has 1 unspecified atom stereocenters. The topological polar surface area (TPSA) is 81.2 Å². The molecule has 0 bridgehead atoms. The first-order valence-electron chi connectivity index (χ1n) is 5.33. The number of carbonyl (C=O) groups is 1. The molecule has 90 valence electrons. The Balaban J connectivity index is 2.56. The van der Waals surface area contributed by atoms with Gasteiger partial charge in [0.1, 0.15) is 6.26 Å². The number of hydrogen-bond acceptors (Lipinski definition) is 4. The van der Waals surface area contributed by atoms with Gasteiger partial charge in [-0.25, -0.2) is 0 Å². The normalized spacial score (nSPS) is 13.5. The molecular formula is C11H19N3O2. The van der Waals surface area contributed by atoms with Gasteiger partial charge in [-0.3, -0.25) is 4.79 Å². The third-order valence-corrected chi connectivity index (χ3v) is 2.20. The summed E-state index contributed by atoms with van der Waals surface area (Å²) in [6.07, 6.45) is 2.16. The molecule has 5 nitrogen and oxygen atoms in total. The first kappa shape index (κ1) is 12.7. The fourth-order valence-corrected chi connectivity index (χ4v) is 1.53. The average Bonchev–Trinajstić information content (AvgIpc) is 2.65. The monoisotopic (exact) mass is 225 g/mol. The minimum Gasteiger partial charge on any atom is -0.363 e. The van der Waals surface area contributed by atoms with Gasteiger partial charge in [0, 0.05) is 12.6 Å². The van der Waals surface area contributed by atoms with E-state index in [9.17, 15) is 4.79 Å². The van der Waals surface area contributed by atoms with Crippen LogP contribution in [-0.4, -0.2) is 17.6 Å². The standard InChI is InChI=1S/C11H19N3O2/c1-11(2,3)6-8(7-12)10(15)13-9-4-5-16-14-9/h4-5,8H,6-7,12H2,1-3H3,(H,13,14,15). The fraction of sp³-hybridized carbons (Fsp3) is 0.636. The highest BCUT2D eigenvalue weighted by Gasteiger charge is 2.24. The number of nitrogens with one attached hydrogen (secondary N) is 1. The van der Waals surface area contributed by atoms with Crippen molar-refractivity contribution >= 4 is 11.7 Å². The van der Waals surface area contributed by atoms with E-state index in [1.807, 2.05) is 0 Å². The largest absolute Gasteiger partial charge is 0.363 e. The number of nitrogens with zero attached hydrogens (tertiary/aromatic N) is 1. The Bertz CT molecular complexity index is 327. The first-order chi connectivity index (χ1) is 7.42. The average molecular weight is 225 g/mol. The van der Waals surface area contributed by atoms with Crippen molar-refractivity contribution in [3.8, 4) is 0 Å². The summed E-state index contributed by atoms with van der Waals surface area (Å²) in [6, 6.07) is 1.60. The summed E-state index contributed by atoms with van der Waals surface area (Å²) in [6.45, 7) is 6.58. The van der Waals surface area contributed by atoms with Crippen LogP contribution in [0, 0.1) is 11.3 Å². The van der Waals surface area contributed by atoms with Gasteiger partial charge in [0.25, 0.3) is 0 Å². The summed E-state index contributed by atoms with van der Waals surface area (Å²) >= 11 is 0. The molecule has 1 rings (SSSR count). The van der Waals surface area contributed by atoms with Crippen LogP contribution < -0.4 is 11.1 Å². The summed E-state index contributed by atoms with van der Waals surface area (Å²) in [5.41, 5.74) is 5.68. The zero-order valence-corrected chi connectivity index (χ0v) is 9.99. The van der Waals surface area contributed by atoms with Crippen LogP contribution in [0.4, 0.5) is 5.82 Å². The molecule has 0 saturated carbocycles. The maximum atomic E-state index is 11.8. The Kier molecular flexibility index (Phi) is 4.06. The zero-order chi connectivity index (χ0) is 12.2. The van der Waals surface area contributed by atoms with Crippen molar-refractivity contribution in [2.24, 2.45) is 17.1 Å². The maximum Gasteiger partial charge on any atom is 0.230 e. The number of anilines is 1. The van der Waals surface area contributed by atoms with Crippen LogP contribution >= 0.6 is 0 Å². The van der Waals surface area contributed by atoms with Crippen molar-refractivity contribution in [2.75, 3.05) is 11.9 Å². The lowest BCUT2D eigenvalue weighted by Crippen LogP contribution is -2.32. The van der Waals surface area contributed by atoms with E-state index in [2.05, 4.69) is 35.8 Å². The van der Waals surface area contributed by atoms with Crippen molar-refractivity contribution in [1.82, 2.24) is 5.16 Å². The van der Waals surface area contributed by atoms with E-state index in [1.54, 1.807) is 6.07 Å². The minimum atomic E-state index is -0.198. The number of carbonyl (C=O) groups excluding carboxylic acids is 1. The molecule has 1 aromatic heterocycles. The summed E-state index contributed by atoms with van der Waals surface area (Å²) in [4.78, 5) is 11.8. The molecule has 3 N–H and O–H groups in total. The quantitative estimate of drug-likeness (QED) is 0.816. The van der Waals surface area contributed by atoms with Gasteiger partial charge >= 0.3 is 0 Å². The highest BCUT2D eigenvalue weighted by molar-refractivity contribution is 5.91. The van der Waals surface area contributed by atoms with Gasteiger partial charge in [0.2, 0.25) is 5.91 Å². The fourth-order valence-electron chi connectivity index (χ4n) is 1.53. The van der Waals surface area contributed by atoms with Crippen molar-refractivity contribution in [3.05, 3.63) is 12.3 Å². The number of nitrogens with two attached hydrogens (primary N) is 1. The molecule has 0 fully saturated rings. The van der Waals surface area contributed by atoms with Crippen LogP contribution in [0.5, 0.6) is 0 Å². The highest BCUT2D eigenvalue weighted by atomic mass is 16.5. The summed E-state index contributed by atoms with van der Waals surface area (Å²) < 4.78 is 4.63. The molecule has 0 radical (unpaired) electrons. The predicted octanol–water partition coefficient (Wildman–Crippen LogP) is 1.62. The van der Waals surface area contributed by atoms with Crippen LogP contribution in [0.15, 0.2) is 16.9 Å². The summed E-state index contributed by atoms with van der Waals surface area (Å²) in [7, 11) is 0. The molecule has 1 heterocycles. The second-order valence-electron chi connectivity index (χ2n) is 5.07. The van der Waals surface area contributed by atoms with Crippen LogP contribution in [-0.2, 0) is 4.79 Å². The predicted molar refractivity (Wildman–Crippen MR) is 61.7 cm³/mol. The van der Waals surface area contributed by atoms with Crippen molar-refractivity contribution in [1.29, 1.82) is 0 Å². The SMILES string of the molecule is CC(C)(C)CC(CN)C(=O)Nc1ccon1.